The monoisotopic (exact) mass is 789 g/mol. The summed E-state index contributed by atoms with van der Waals surface area (Å²) in [7, 11) is 0. The number of hydrogen-bond donors (Lipinski definition) is 1. The van der Waals surface area contributed by atoms with Crippen LogP contribution in [0.1, 0.15) is 105 Å². The van der Waals surface area contributed by atoms with Crippen molar-refractivity contribution in [2.24, 2.45) is 0 Å². The van der Waals surface area contributed by atoms with Gasteiger partial charge in [-0.15, -0.1) is 0 Å². The van der Waals surface area contributed by atoms with Crippen molar-refractivity contribution in [3.8, 4) is 56.2 Å². The van der Waals surface area contributed by atoms with Gasteiger partial charge in [-0.05, 0) is 121 Å². The number of aromatic hydroxyl groups is 1. The Labute approximate surface area is 357 Å². The number of benzene rings is 5. The lowest BCUT2D eigenvalue weighted by Crippen LogP contribution is -2.17. The Morgan fingerprint density at radius 1 is 0.450 bits per heavy atom. The van der Waals surface area contributed by atoms with Crippen molar-refractivity contribution in [1.29, 1.82) is 0 Å². The Bertz CT molecular complexity index is 2890. The zero-order valence-corrected chi connectivity index (χ0v) is 37.5. The minimum atomic E-state index is -0.261. The molecule has 0 unspecified atom stereocenters. The summed E-state index contributed by atoms with van der Waals surface area (Å²) in [6.07, 6.45) is 1.92. The van der Waals surface area contributed by atoms with E-state index < -0.39 is 0 Å². The lowest BCUT2D eigenvalue weighted by Gasteiger charge is -2.27. The first-order valence-corrected chi connectivity index (χ1v) is 21.3. The van der Waals surface area contributed by atoms with E-state index in [-0.39, 0.29) is 27.4 Å². The van der Waals surface area contributed by atoms with Crippen LogP contribution < -0.4 is 0 Å². The molecule has 8 aromatic rings. The quantitative estimate of drug-likeness (QED) is 0.189. The number of fused-ring (bicyclic) bond motifs is 3. The Balaban J connectivity index is 1.35. The van der Waals surface area contributed by atoms with Crippen LogP contribution in [0.2, 0.25) is 0 Å². The SMILES string of the molecule is CC(C)(C)c1cc(-c2cc(-c3ccc(-c4ccccc4)cc3)ccn2)cc(-n2c3ccc(C(C)(C)C)cc3c3ccc(-c4cc(C(C)(C)C)cc(C(C)(C)C)c4O)nc32)c1. The van der Waals surface area contributed by atoms with Crippen LogP contribution in [0, 0.1) is 0 Å². The largest absolute Gasteiger partial charge is 0.507 e. The minimum Gasteiger partial charge on any atom is -0.507 e. The van der Waals surface area contributed by atoms with Gasteiger partial charge in [0.2, 0.25) is 0 Å². The summed E-state index contributed by atoms with van der Waals surface area (Å²) >= 11 is 0. The summed E-state index contributed by atoms with van der Waals surface area (Å²) in [5, 5.41) is 14.2. The van der Waals surface area contributed by atoms with E-state index in [0.29, 0.717) is 0 Å². The standard InChI is InChI=1S/C56H59N3O/c1-53(2,3)40-22-25-50-45(32-40)44-23-24-48(46-33-42(55(7,8)9)34-47(51(46)60)56(10,11)12)58-52(44)59(50)43-29-39(28-41(31-43)54(4,5)6)49-30-38(26-27-57-49)37-20-18-36(19-21-37)35-16-14-13-15-17-35/h13-34,60H,1-12H3. The van der Waals surface area contributed by atoms with Crippen molar-refractivity contribution in [1.82, 2.24) is 14.5 Å². The summed E-state index contributed by atoms with van der Waals surface area (Å²) in [4.78, 5) is 10.5. The van der Waals surface area contributed by atoms with Gasteiger partial charge in [0.1, 0.15) is 11.4 Å². The Hall–Kier alpha value is -6.00. The summed E-state index contributed by atoms with van der Waals surface area (Å²) in [5.74, 6) is 0.290. The fourth-order valence-corrected chi connectivity index (χ4v) is 8.18. The van der Waals surface area contributed by atoms with E-state index in [4.69, 9.17) is 9.97 Å². The maximum Gasteiger partial charge on any atom is 0.146 e. The molecule has 0 amide bonds. The highest BCUT2D eigenvalue weighted by molar-refractivity contribution is 6.09. The Kier molecular flexibility index (Phi) is 9.93. The summed E-state index contributed by atoms with van der Waals surface area (Å²) in [6, 6.07) is 45.9. The van der Waals surface area contributed by atoms with Gasteiger partial charge in [-0.25, -0.2) is 4.98 Å². The number of pyridine rings is 2. The van der Waals surface area contributed by atoms with Crippen LogP contribution in [0.15, 0.2) is 134 Å². The number of aromatic nitrogens is 3. The third-order valence-corrected chi connectivity index (χ3v) is 12.0. The molecule has 0 bridgehead atoms. The maximum absolute atomic E-state index is 12.0. The molecule has 0 radical (unpaired) electrons. The number of nitrogens with zero attached hydrogens (tertiary/aromatic N) is 3. The van der Waals surface area contributed by atoms with Crippen molar-refractivity contribution in [3.63, 3.8) is 0 Å². The zero-order valence-electron chi connectivity index (χ0n) is 37.5. The highest BCUT2D eigenvalue weighted by atomic mass is 16.3. The van der Waals surface area contributed by atoms with Crippen LogP contribution in [0.4, 0.5) is 0 Å². The van der Waals surface area contributed by atoms with Crippen LogP contribution in [0.25, 0.3) is 72.4 Å². The van der Waals surface area contributed by atoms with E-state index in [1.807, 2.05) is 6.20 Å². The summed E-state index contributed by atoms with van der Waals surface area (Å²) < 4.78 is 2.32. The molecule has 60 heavy (non-hydrogen) atoms. The first kappa shape index (κ1) is 40.8. The molecule has 0 aliphatic heterocycles. The molecule has 4 heteroatoms. The Morgan fingerprint density at radius 2 is 1.07 bits per heavy atom. The lowest BCUT2D eigenvalue weighted by molar-refractivity contribution is 0.446. The van der Waals surface area contributed by atoms with Crippen molar-refractivity contribution in [2.45, 2.75) is 105 Å². The fourth-order valence-electron chi connectivity index (χ4n) is 8.18. The molecule has 8 rings (SSSR count). The van der Waals surface area contributed by atoms with Gasteiger partial charge in [0.25, 0.3) is 0 Å². The molecule has 0 fully saturated rings. The molecule has 0 aliphatic rings. The number of phenols is 1. The van der Waals surface area contributed by atoms with E-state index >= 15 is 0 Å². The lowest BCUT2D eigenvalue weighted by atomic mass is 9.78. The molecule has 1 N–H and O–H groups in total. The van der Waals surface area contributed by atoms with E-state index in [1.165, 1.54) is 27.8 Å². The van der Waals surface area contributed by atoms with Crippen LogP contribution >= 0.6 is 0 Å². The molecule has 5 aromatic carbocycles. The van der Waals surface area contributed by atoms with Crippen molar-refractivity contribution in [2.75, 3.05) is 0 Å². The predicted molar refractivity (Wildman–Crippen MR) is 255 cm³/mol. The number of phenolic OH excluding ortho intramolecular Hbond substituents is 1. The van der Waals surface area contributed by atoms with Crippen molar-refractivity contribution >= 4 is 21.9 Å². The van der Waals surface area contributed by atoms with Crippen LogP contribution in [0.5, 0.6) is 5.75 Å². The average Bonchev–Trinajstić information content (AvgIpc) is 3.53. The van der Waals surface area contributed by atoms with Crippen molar-refractivity contribution in [3.05, 3.63) is 156 Å². The summed E-state index contributed by atoms with van der Waals surface area (Å²) in [5.41, 5.74) is 15.1. The van der Waals surface area contributed by atoms with Gasteiger partial charge < -0.3 is 5.11 Å². The van der Waals surface area contributed by atoms with Gasteiger partial charge in [0.05, 0.1) is 16.9 Å². The third kappa shape index (κ3) is 7.76. The zero-order chi connectivity index (χ0) is 42.9. The molecule has 0 saturated carbocycles. The molecule has 0 saturated heterocycles. The first-order valence-electron chi connectivity index (χ1n) is 21.3. The van der Waals surface area contributed by atoms with Crippen LogP contribution in [0.3, 0.4) is 0 Å². The van der Waals surface area contributed by atoms with E-state index in [9.17, 15) is 5.11 Å². The van der Waals surface area contributed by atoms with Gasteiger partial charge in [-0.3, -0.25) is 9.55 Å². The smallest absolute Gasteiger partial charge is 0.146 e. The second-order valence-corrected chi connectivity index (χ2v) is 20.7. The first-order chi connectivity index (χ1) is 28.2. The summed E-state index contributed by atoms with van der Waals surface area (Å²) in [6.45, 7) is 26.7. The van der Waals surface area contributed by atoms with Gasteiger partial charge >= 0.3 is 0 Å². The predicted octanol–water partition coefficient (Wildman–Crippen LogP) is 15.1. The van der Waals surface area contributed by atoms with E-state index in [1.54, 1.807) is 0 Å². The second kappa shape index (κ2) is 14.6. The van der Waals surface area contributed by atoms with Crippen LogP contribution in [-0.2, 0) is 21.7 Å². The third-order valence-electron chi connectivity index (χ3n) is 12.0. The molecule has 3 aromatic heterocycles. The molecule has 3 heterocycles. The van der Waals surface area contributed by atoms with E-state index in [0.717, 1.165) is 66.8 Å². The normalized spacial score (nSPS) is 12.7. The second-order valence-electron chi connectivity index (χ2n) is 20.7. The van der Waals surface area contributed by atoms with E-state index in [2.05, 4.69) is 215 Å². The number of rotatable bonds is 5. The molecule has 0 spiro atoms. The highest BCUT2D eigenvalue weighted by Gasteiger charge is 2.27. The van der Waals surface area contributed by atoms with Gasteiger partial charge in [0.15, 0.2) is 0 Å². The van der Waals surface area contributed by atoms with Gasteiger partial charge in [0, 0.05) is 39.3 Å². The van der Waals surface area contributed by atoms with Gasteiger partial charge in [-0.2, -0.15) is 0 Å². The fraction of sp³-hybridized carbons (Fsp3) is 0.286. The molecule has 0 aliphatic carbocycles. The molecular weight excluding hydrogens is 731 g/mol. The van der Waals surface area contributed by atoms with Crippen molar-refractivity contribution < 1.29 is 5.11 Å². The average molecular weight is 790 g/mol. The Morgan fingerprint density at radius 3 is 1.70 bits per heavy atom. The topological polar surface area (TPSA) is 50.9 Å². The van der Waals surface area contributed by atoms with Crippen LogP contribution in [-0.4, -0.2) is 19.6 Å². The molecule has 0 atom stereocenters. The molecular formula is C56H59N3O. The number of hydrogen-bond acceptors (Lipinski definition) is 3. The maximum atomic E-state index is 12.0. The molecule has 304 valence electrons. The minimum absolute atomic E-state index is 0.0314. The molecule has 4 nitrogen and oxygen atoms in total. The highest BCUT2D eigenvalue weighted by Crippen LogP contribution is 2.44. The van der Waals surface area contributed by atoms with Gasteiger partial charge in [-0.1, -0.05) is 150 Å².